The van der Waals surface area contributed by atoms with Gasteiger partial charge in [0.25, 0.3) is 10.0 Å². The van der Waals surface area contributed by atoms with E-state index in [4.69, 9.17) is 0 Å². The standard InChI is InChI=1S/C18H25N5O3S2/c24-18(19-13-16-21-20-15-5-2-1-3-9-23(15)16)14-7-10-22(11-8-14)28(25,26)17-6-4-12-27-17/h4,6,12,14H,1-3,5,7-11,13H2,(H,19,24). The summed E-state index contributed by atoms with van der Waals surface area (Å²) in [6.45, 7) is 2.03. The summed E-state index contributed by atoms with van der Waals surface area (Å²) >= 11 is 1.23. The van der Waals surface area contributed by atoms with E-state index in [1.54, 1.807) is 17.5 Å². The van der Waals surface area contributed by atoms with E-state index < -0.39 is 10.0 Å². The number of amides is 1. The number of aryl methyl sites for hydroxylation is 1. The molecule has 28 heavy (non-hydrogen) atoms. The van der Waals surface area contributed by atoms with Crippen molar-refractivity contribution in [2.75, 3.05) is 13.1 Å². The largest absolute Gasteiger partial charge is 0.349 e. The van der Waals surface area contributed by atoms with Crippen molar-refractivity contribution in [1.29, 1.82) is 0 Å². The van der Waals surface area contributed by atoms with Crippen LogP contribution in [0, 0.1) is 5.92 Å². The van der Waals surface area contributed by atoms with Crippen molar-refractivity contribution in [3.05, 3.63) is 29.2 Å². The van der Waals surface area contributed by atoms with Crippen LogP contribution in [0.2, 0.25) is 0 Å². The molecule has 8 nitrogen and oxygen atoms in total. The second-order valence-electron chi connectivity index (χ2n) is 7.32. The van der Waals surface area contributed by atoms with Gasteiger partial charge in [0.2, 0.25) is 5.91 Å². The Morgan fingerprint density at radius 2 is 2.00 bits per heavy atom. The Labute approximate surface area is 169 Å². The van der Waals surface area contributed by atoms with Crippen molar-refractivity contribution in [3.8, 4) is 0 Å². The Kier molecular flexibility index (Phi) is 5.79. The highest BCUT2D eigenvalue weighted by Crippen LogP contribution is 2.26. The Bertz CT molecular complexity index is 915. The molecule has 1 fully saturated rings. The van der Waals surface area contributed by atoms with Crippen LogP contribution in [0.25, 0.3) is 0 Å². The molecule has 0 aromatic carbocycles. The number of piperidine rings is 1. The summed E-state index contributed by atoms with van der Waals surface area (Å²) in [6.07, 6.45) is 5.46. The average Bonchev–Trinajstić information content (AvgIpc) is 3.32. The first-order valence-corrected chi connectivity index (χ1v) is 12.1. The quantitative estimate of drug-likeness (QED) is 0.791. The monoisotopic (exact) mass is 423 g/mol. The third-order valence-corrected chi connectivity index (χ3v) is 8.79. The highest BCUT2D eigenvalue weighted by Gasteiger charge is 2.32. The number of hydrogen-bond acceptors (Lipinski definition) is 6. The molecule has 0 atom stereocenters. The molecule has 0 saturated carbocycles. The summed E-state index contributed by atoms with van der Waals surface area (Å²) in [6, 6.07) is 3.36. The summed E-state index contributed by atoms with van der Waals surface area (Å²) in [7, 11) is -3.43. The van der Waals surface area contributed by atoms with Crippen LogP contribution in [0.1, 0.15) is 43.8 Å². The molecule has 4 heterocycles. The summed E-state index contributed by atoms with van der Waals surface area (Å²) in [4.78, 5) is 12.6. The second-order valence-corrected chi connectivity index (χ2v) is 10.4. The molecule has 152 valence electrons. The first-order chi connectivity index (χ1) is 13.6. The molecule has 0 spiro atoms. The number of sulfonamides is 1. The number of aromatic nitrogens is 3. The fraction of sp³-hybridized carbons (Fsp3) is 0.611. The van der Waals surface area contributed by atoms with Crippen LogP contribution in [-0.4, -0.2) is 46.5 Å². The zero-order chi connectivity index (χ0) is 19.6. The predicted octanol–water partition coefficient (Wildman–Crippen LogP) is 1.78. The second kappa shape index (κ2) is 8.30. The molecular weight excluding hydrogens is 398 g/mol. The summed E-state index contributed by atoms with van der Waals surface area (Å²) < 4.78 is 29.2. The minimum Gasteiger partial charge on any atom is -0.349 e. The van der Waals surface area contributed by atoms with Gasteiger partial charge in [-0.25, -0.2) is 8.42 Å². The maximum absolute atomic E-state index is 12.6. The lowest BCUT2D eigenvalue weighted by molar-refractivity contribution is -0.126. The van der Waals surface area contributed by atoms with E-state index in [0.717, 1.165) is 37.5 Å². The van der Waals surface area contributed by atoms with Crippen LogP contribution < -0.4 is 5.32 Å². The number of thiophene rings is 1. The van der Waals surface area contributed by atoms with Gasteiger partial charge in [0.15, 0.2) is 5.82 Å². The molecule has 2 aromatic heterocycles. The van der Waals surface area contributed by atoms with Gasteiger partial charge in [0, 0.05) is 32.0 Å². The van der Waals surface area contributed by atoms with E-state index in [-0.39, 0.29) is 11.8 Å². The molecule has 1 N–H and O–H groups in total. The van der Waals surface area contributed by atoms with Crippen LogP contribution >= 0.6 is 11.3 Å². The number of nitrogens with zero attached hydrogens (tertiary/aromatic N) is 4. The molecule has 2 aliphatic rings. The molecule has 1 amide bonds. The molecule has 0 radical (unpaired) electrons. The molecule has 10 heteroatoms. The zero-order valence-corrected chi connectivity index (χ0v) is 17.3. The van der Waals surface area contributed by atoms with Gasteiger partial charge in [0.1, 0.15) is 10.0 Å². The van der Waals surface area contributed by atoms with Crippen molar-refractivity contribution < 1.29 is 13.2 Å². The molecule has 0 aliphatic carbocycles. The van der Waals surface area contributed by atoms with Crippen LogP contribution in [0.5, 0.6) is 0 Å². The van der Waals surface area contributed by atoms with Crippen molar-refractivity contribution in [2.24, 2.45) is 5.92 Å². The van der Waals surface area contributed by atoms with Gasteiger partial charge < -0.3 is 9.88 Å². The SMILES string of the molecule is O=C(NCc1nnc2n1CCCCC2)C1CCN(S(=O)(=O)c2cccs2)CC1. The van der Waals surface area contributed by atoms with Gasteiger partial charge in [-0.15, -0.1) is 21.5 Å². The lowest BCUT2D eigenvalue weighted by Gasteiger charge is -2.30. The summed E-state index contributed by atoms with van der Waals surface area (Å²) in [5, 5.41) is 13.2. The van der Waals surface area contributed by atoms with E-state index in [1.165, 1.54) is 22.1 Å². The van der Waals surface area contributed by atoms with Gasteiger partial charge >= 0.3 is 0 Å². The Morgan fingerprint density at radius 1 is 1.18 bits per heavy atom. The number of rotatable bonds is 5. The molecule has 0 bridgehead atoms. The van der Waals surface area contributed by atoms with Crippen LogP contribution in [0.4, 0.5) is 0 Å². The smallest absolute Gasteiger partial charge is 0.252 e. The van der Waals surface area contributed by atoms with Crippen LogP contribution in [-0.2, 0) is 34.3 Å². The molecule has 0 unspecified atom stereocenters. The fourth-order valence-electron chi connectivity index (χ4n) is 3.88. The van der Waals surface area contributed by atoms with Crippen LogP contribution in [0.15, 0.2) is 21.7 Å². The van der Waals surface area contributed by atoms with E-state index >= 15 is 0 Å². The fourth-order valence-corrected chi connectivity index (χ4v) is 6.50. The molecule has 2 aromatic rings. The minimum atomic E-state index is -3.43. The first kappa shape index (κ1) is 19.5. The maximum atomic E-state index is 12.6. The normalized spacial score (nSPS) is 19.1. The number of nitrogens with one attached hydrogen (secondary N) is 1. The van der Waals surface area contributed by atoms with Gasteiger partial charge in [-0.2, -0.15) is 4.31 Å². The third kappa shape index (κ3) is 3.99. The number of carbonyl (C=O) groups is 1. The highest BCUT2D eigenvalue weighted by molar-refractivity contribution is 7.91. The van der Waals surface area contributed by atoms with E-state index in [0.29, 0.717) is 36.7 Å². The number of fused-ring (bicyclic) bond motifs is 1. The topological polar surface area (TPSA) is 97.2 Å². The van der Waals surface area contributed by atoms with Gasteiger partial charge in [0.05, 0.1) is 6.54 Å². The Morgan fingerprint density at radius 3 is 2.75 bits per heavy atom. The summed E-state index contributed by atoms with van der Waals surface area (Å²) in [5.41, 5.74) is 0. The van der Waals surface area contributed by atoms with Crippen molar-refractivity contribution >= 4 is 27.3 Å². The lowest BCUT2D eigenvalue weighted by Crippen LogP contribution is -2.42. The lowest BCUT2D eigenvalue weighted by atomic mass is 9.97. The van der Waals surface area contributed by atoms with E-state index in [1.807, 2.05) is 0 Å². The minimum absolute atomic E-state index is 0.0286. The third-order valence-electron chi connectivity index (χ3n) is 5.52. The zero-order valence-electron chi connectivity index (χ0n) is 15.7. The Hall–Kier alpha value is -1.78. The molecular formula is C18H25N5O3S2. The van der Waals surface area contributed by atoms with Gasteiger partial charge in [-0.1, -0.05) is 12.5 Å². The van der Waals surface area contributed by atoms with Gasteiger partial charge in [-0.3, -0.25) is 4.79 Å². The first-order valence-electron chi connectivity index (χ1n) is 9.78. The van der Waals surface area contributed by atoms with Gasteiger partial charge in [-0.05, 0) is 37.1 Å². The number of carbonyl (C=O) groups excluding carboxylic acids is 1. The van der Waals surface area contributed by atoms with Crippen LogP contribution in [0.3, 0.4) is 0 Å². The van der Waals surface area contributed by atoms with E-state index in [9.17, 15) is 13.2 Å². The van der Waals surface area contributed by atoms with E-state index in [2.05, 4.69) is 20.1 Å². The van der Waals surface area contributed by atoms with Crippen molar-refractivity contribution in [1.82, 2.24) is 24.4 Å². The molecule has 1 saturated heterocycles. The Balaban J connectivity index is 1.31. The van der Waals surface area contributed by atoms with Crippen molar-refractivity contribution in [2.45, 2.75) is 55.8 Å². The average molecular weight is 424 g/mol. The molecule has 4 rings (SSSR count). The summed E-state index contributed by atoms with van der Waals surface area (Å²) in [5.74, 6) is 1.62. The predicted molar refractivity (Wildman–Crippen MR) is 105 cm³/mol. The molecule has 2 aliphatic heterocycles. The number of hydrogen-bond donors (Lipinski definition) is 1. The van der Waals surface area contributed by atoms with Crippen molar-refractivity contribution in [3.63, 3.8) is 0 Å². The highest BCUT2D eigenvalue weighted by atomic mass is 32.2. The maximum Gasteiger partial charge on any atom is 0.252 e.